The number of carbonyl (C=O) groups is 3. The summed E-state index contributed by atoms with van der Waals surface area (Å²) in [7, 11) is 0. The van der Waals surface area contributed by atoms with Crippen molar-refractivity contribution >= 4 is 23.3 Å². The molecule has 2 aliphatic carbocycles. The molecule has 0 unspecified atom stereocenters. The van der Waals surface area contributed by atoms with Gasteiger partial charge in [0.25, 0.3) is 5.91 Å². The second-order valence-electron chi connectivity index (χ2n) is 8.23. The van der Waals surface area contributed by atoms with Gasteiger partial charge in [-0.1, -0.05) is 30.3 Å². The van der Waals surface area contributed by atoms with Crippen molar-refractivity contribution in [3.8, 4) is 5.75 Å². The van der Waals surface area contributed by atoms with Crippen LogP contribution in [0.4, 0.5) is 5.69 Å². The van der Waals surface area contributed by atoms with Crippen LogP contribution in [-0.2, 0) is 14.3 Å². The van der Waals surface area contributed by atoms with Gasteiger partial charge in [0.2, 0.25) is 0 Å². The Morgan fingerprint density at radius 3 is 2.29 bits per heavy atom. The number of ether oxygens (including phenoxy) is 2. The van der Waals surface area contributed by atoms with Crippen LogP contribution in [0.25, 0.3) is 0 Å². The molecule has 0 saturated heterocycles. The Bertz CT molecular complexity index is 940. The first-order valence-corrected chi connectivity index (χ1v) is 10.9. The quantitative estimate of drug-likeness (QED) is 0.512. The van der Waals surface area contributed by atoms with Crippen molar-refractivity contribution in [2.45, 2.75) is 26.2 Å². The van der Waals surface area contributed by atoms with Gasteiger partial charge < -0.3 is 14.8 Å². The fourth-order valence-corrected chi connectivity index (χ4v) is 5.03. The van der Waals surface area contributed by atoms with Crippen molar-refractivity contribution in [2.75, 3.05) is 18.5 Å². The Labute approximate surface area is 181 Å². The lowest BCUT2D eigenvalue weighted by molar-refractivity contribution is -0.154. The molecule has 1 amide bonds. The van der Waals surface area contributed by atoms with E-state index in [1.54, 1.807) is 36.4 Å². The highest BCUT2D eigenvalue weighted by atomic mass is 16.5. The predicted octanol–water partition coefficient (Wildman–Crippen LogP) is 4.11. The van der Waals surface area contributed by atoms with Crippen LogP contribution in [0, 0.1) is 23.7 Å². The minimum absolute atomic E-state index is 0.00795. The Kier molecular flexibility index (Phi) is 6.35. The number of amides is 1. The zero-order chi connectivity index (χ0) is 21.8. The fraction of sp³-hybridized carbons (Fsp3) is 0.400. The molecule has 0 spiro atoms. The molecule has 6 nitrogen and oxygen atoms in total. The lowest BCUT2D eigenvalue weighted by Gasteiger charge is -2.28. The largest absolute Gasteiger partial charge is 0.494 e. The van der Waals surface area contributed by atoms with E-state index in [0.717, 1.165) is 25.0 Å². The van der Waals surface area contributed by atoms with Gasteiger partial charge in [0.05, 0.1) is 12.5 Å². The number of anilines is 1. The maximum atomic E-state index is 13.1. The molecular formula is C25H27NO5. The summed E-state index contributed by atoms with van der Waals surface area (Å²) in [5.41, 5.74) is 1.23. The molecule has 2 bridgehead atoms. The number of benzene rings is 2. The van der Waals surface area contributed by atoms with Gasteiger partial charge in [-0.2, -0.15) is 0 Å². The molecule has 6 heteroatoms. The van der Waals surface area contributed by atoms with Crippen molar-refractivity contribution in [2.24, 2.45) is 23.7 Å². The number of ketones is 1. The fourth-order valence-electron chi connectivity index (χ4n) is 5.03. The van der Waals surface area contributed by atoms with Gasteiger partial charge in [0.15, 0.2) is 12.4 Å². The maximum absolute atomic E-state index is 13.1. The predicted molar refractivity (Wildman–Crippen MR) is 116 cm³/mol. The molecule has 1 N–H and O–H groups in total. The van der Waals surface area contributed by atoms with Crippen LogP contribution < -0.4 is 10.1 Å². The average molecular weight is 421 g/mol. The molecule has 4 rings (SSSR count). The molecule has 2 aromatic rings. The first kappa shape index (κ1) is 21.1. The number of hydrogen-bond acceptors (Lipinski definition) is 5. The highest BCUT2D eigenvalue weighted by molar-refractivity contribution is 6.01. The van der Waals surface area contributed by atoms with Gasteiger partial charge in [-0.05, 0) is 62.3 Å². The highest BCUT2D eigenvalue weighted by Crippen LogP contribution is 2.53. The molecule has 2 saturated carbocycles. The van der Waals surface area contributed by atoms with Crippen LogP contribution in [0.1, 0.15) is 36.5 Å². The second kappa shape index (κ2) is 9.33. The zero-order valence-corrected chi connectivity index (χ0v) is 17.6. The van der Waals surface area contributed by atoms with Crippen molar-refractivity contribution in [3.05, 3.63) is 60.2 Å². The molecule has 2 fully saturated rings. The van der Waals surface area contributed by atoms with E-state index in [2.05, 4.69) is 5.32 Å². The van der Waals surface area contributed by atoms with Gasteiger partial charge in [-0.25, -0.2) is 0 Å². The van der Waals surface area contributed by atoms with Crippen LogP contribution in [0.3, 0.4) is 0 Å². The van der Waals surface area contributed by atoms with E-state index in [1.807, 2.05) is 25.1 Å². The van der Waals surface area contributed by atoms with E-state index in [0.29, 0.717) is 17.9 Å². The van der Waals surface area contributed by atoms with Crippen molar-refractivity contribution in [3.63, 3.8) is 0 Å². The topological polar surface area (TPSA) is 81.7 Å². The molecule has 4 atom stereocenters. The summed E-state index contributed by atoms with van der Waals surface area (Å²) in [6, 6.07) is 16.1. The van der Waals surface area contributed by atoms with Crippen molar-refractivity contribution in [1.82, 2.24) is 0 Å². The van der Waals surface area contributed by atoms with Crippen molar-refractivity contribution in [1.29, 1.82) is 0 Å². The van der Waals surface area contributed by atoms with E-state index in [9.17, 15) is 14.4 Å². The minimum atomic E-state index is -0.468. The van der Waals surface area contributed by atoms with Crippen LogP contribution >= 0.6 is 0 Å². The van der Waals surface area contributed by atoms with Crippen LogP contribution in [0.15, 0.2) is 54.6 Å². The summed E-state index contributed by atoms with van der Waals surface area (Å²) in [6.07, 6.45) is 2.78. The minimum Gasteiger partial charge on any atom is -0.494 e. The Morgan fingerprint density at radius 1 is 0.935 bits per heavy atom. The molecule has 0 aliphatic heterocycles. The smallest absolute Gasteiger partial charge is 0.310 e. The summed E-state index contributed by atoms with van der Waals surface area (Å²) in [5.74, 6) is -0.578. The van der Waals surface area contributed by atoms with Crippen molar-refractivity contribution < 1.29 is 23.9 Å². The molecule has 0 radical (unpaired) electrons. The summed E-state index contributed by atoms with van der Waals surface area (Å²) >= 11 is 0. The Hall–Kier alpha value is -3.15. The van der Waals surface area contributed by atoms with E-state index in [4.69, 9.17) is 9.47 Å². The van der Waals surface area contributed by atoms with Crippen LogP contribution in [-0.4, -0.2) is 30.9 Å². The summed E-state index contributed by atoms with van der Waals surface area (Å²) < 4.78 is 10.7. The van der Waals surface area contributed by atoms with Crippen LogP contribution in [0.5, 0.6) is 5.75 Å². The highest BCUT2D eigenvalue weighted by Gasteiger charge is 2.54. The number of fused-ring (bicyclic) bond motifs is 2. The molecule has 2 aliphatic rings. The lowest BCUT2D eigenvalue weighted by Crippen LogP contribution is -2.37. The maximum Gasteiger partial charge on any atom is 0.310 e. The van der Waals surface area contributed by atoms with Crippen LogP contribution in [0.2, 0.25) is 0 Å². The molecule has 2 aromatic carbocycles. The molecule has 162 valence electrons. The third-order valence-corrected chi connectivity index (χ3v) is 6.34. The number of carbonyl (C=O) groups excluding carboxylic acids is 3. The zero-order valence-electron chi connectivity index (χ0n) is 17.6. The third-order valence-electron chi connectivity index (χ3n) is 6.34. The number of esters is 1. The third kappa shape index (κ3) is 4.63. The standard InChI is InChI=1S/C25H27NO5/c1-2-30-20-12-10-19(11-13-20)26-21(27)15-31-25(29)23-18-9-8-17(14-18)22(23)24(28)16-6-4-3-5-7-16/h3-7,10-13,17-18,22-23H,2,8-9,14-15H2,1H3,(H,26,27)/t17-,18+,22-,23+/m0/s1. The lowest BCUT2D eigenvalue weighted by atomic mass is 9.75. The number of nitrogens with one attached hydrogen (secondary N) is 1. The van der Waals surface area contributed by atoms with E-state index < -0.39 is 17.8 Å². The normalized spacial score (nSPS) is 23.9. The monoisotopic (exact) mass is 421 g/mol. The Balaban J connectivity index is 1.35. The van der Waals surface area contributed by atoms with Gasteiger partial charge in [-0.3, -0.25) is 14.4 Å². The first-order valence-electron chi connectivity index (χ1n) is 10.9. The average Bonchev–Trinajstić information content (AvgIpc) is 3.41. The SMILES string of the molecule is CCOc1ccc(NC(=O)COC(=O)[C@@H]2[C@@H]3CC[C@@H](C3)[C@@H]2C(=O)c2ccccc2)cc1. The number of hydrogen-bond donors (Lipinski definition) is 1. The van der Waals surface area contributed by atoms with Gasteiger partial charge in [-0.15, -0.1) is 0 Å². The molecule has 0 heterocycles. The molecule has 0 aromatic heterocycles. The van der Waals surface area contributed by atoms with E-state index >= 15 is 0 Å². The summed E-state index contributed by atoms with van der Waals surface area (Å²) in [6.45, 7) is 2.10. The van der Waals surface area contributed by atoms with E-state index in [-0.39, 0.29) is 30.1 Å². The number of Topliss-reactive ketones (excluding diaryl/α,β-unsaturated/α-hetero) is 1. The first-order chi connectivity index (χ1) is 15.1. The molecular weight excluding hydrogens is 394 g/mol. The van der Waals surface area contributed by atoms with E-state index in [1.165, 1.54) is 0 Å². The van der Waals surface area contributed by atoms with Gasteiger partial charge in [0.1, 0.15) is 5.75 Å². The van der Waals surface area contributed by atoms with Gasteiger partial charge in [0, 0.05) is 17.2 Å². The van der Waals surface area contributed by atoms with Gasteiger partial charge >= 0.3 is 5.97 Å². The Morgan fingerprint density at radius 2 is 1.61 bits per heavy atom. The summed E-state index contributed by atoms with van der Waals surface area (Å²) in [5, 5.41) is 2.71. The molecule has 31 heavy (non-hydrogen) atoms. The number of rotatable bonds is 8. The summed E-state index contributed by atoms with van der Waals surface area (Å²) in [4.78, 5) is 38.2. The second-order valence-corrected chi connectivity index (χ2v) is 8.23.